The Morgan fingerprint density at radius 1 is 0.409 bits per heavy atom. The van der Waals surface area contributed by atoms with Crippen molar-refractivity contribution in [1.82, 2.24) is 4.57 Å². The highest BCUT2D eigenvalue weighted by molar-refractivity contribution is 6.33. The Balaban J connectivity index is 1.44. The first kappa shape index (κ1) is 24.1. The summed E-state index contributed by atoms with van der Waals surface area (Å²) in [6, 6.07) is 52.1. The van der Waals surface area contributed by atoms with Gasteiger partial charge in [0.25, 0.3) is 0 Å². The van der Waals surface area contributed by atoms with Gasteiger partial charge in [-0.15, -0.1) is 0 Å². The highest BCUT2D eigenvalue weighted by Crippen LogP contribution is 2.51. The van der Waals surface area contributed by atoms with E-state index in [1.54, 1.807) is 0 Å². The Kier molecular flexibility index (Phi) is 4.58. The molecule has 0 atom stereocenters. The van der Waals surface area contributed by atoms with Crippen LogP contribution < -0.4 is 0 Å². The Morgan fingerprint density at radius 2 is 1.05 bits per heavy atom. The van der Waals surface area contributed by atoms with Crippen LogP contribution in [0.25, 0.3) is 81.7 Å². The number of benzene rings is 8. The summed E-state index contributed by atoms with van der Waals surface area (Å²) in [5.41, 5.74) is 9.18. The Hall–Kier alpha value is -5.40. The van der Waals surface area contributed by atoms with E-state index in [1.165, 1.54) is 92.8 Å². The average Bonchev–Trinajstić information content (AvgIpc) is 3.50. The van der Waals surface area contributed by atoms with E-state index in [0.717, 1.165) is 0 Å². The van der Waals surface area contributed by atoms with Crippen LogP contribution in [0.1, 0.15) is 25.0 Å². The number of fused-ring (bicyclic) bond motifs is 14. The number of hydrogen-bond donors (Lipinski definition) is 0. The molecule has 9 aromatic rings. The number of nitrogens with zero attached hydrogens (tertiary/aromatic N) is 1. The van der Waals surface area contributed by atoms with Gasteiger partial charge in [-0.05, 0) is 102 Å². The quantitative estimate of drug-likeness (QED) is 0.176. The minimum absolute atomic E-state index is 0.0593. The predicted octanol–water partition coefficient (Wildman–Crippen LogP) is 11.7. The highest BCUT2D eigenvalue weighted by atomic mass is 15.0. The molecular formula is C43H29N. The molecule has 0 saturated heterocycles. The second-order valence-corrected chi connectivity index (χ2v) is 12.9. The van der Waals surface area contributed by atoms with Gasteiger partial charge < -0.3 is 4.57 Å². The van der Waals surface area contributed by atoms with Crippen LogP contribution in [0.2, 0.25) is 0 Å². The lowest BCUT2D eigenvalue weighted by atomic mass is 9.82. The van der Waals surface area contributed by atoms with E-state index in [-0.39, 0.29) is 5.41 Å². The van der Waals surface area contributed by atoms with Crippen molar-refractivity contribution >= 4 is 64.9 Å². The van der Waals surface area contributed by atoms with Crippen LogP contribution in [-0.2, 0) is 5.41 Å². The summed E-state index contributed by atoms with van der Waals surface area (Å²) < 4.78 is 2.49. The fourth-order valence-corrected chi connectivity index (χ4v) is 8.28. The Labute approximate surface area is 255 Å². The van der Waals surface area contributed by atoms with E-state index < -0.39 is 0 Å². The van der Waals surface area contributed by atoms with Crippen molar-refractivity contribution in [2.24, 2.45) is 0 Å². The molecule has 8 aromatic carbocycles. The summed E-state index contributed by atoms with van der Waals surface area (Å²) in [5, 5.41) is 13.1. The maximum absolute atomic E-state index is 2.49. The SMILES string of the molecule is CC1(C)c2ccccc2-c2cc3c4cc5c(cc4n(-c4ccccc4)c3cc21)c1ccccc1c1c2ccccc2ccc51. The van der Waals surface area contributed by atoms with Crippen molar-refractivity contribution < 1.29 is 0 Å². The van der Waals surface area contributed by atoms with Gasteiger partial charge in [0.15, 0.2) is 0 Å². The molecule has 0 N–H and O–H groups in total. The number of aromatic nitrogens is 1. The third-order valence-electron chi connectivity index (χ3n) is 10.3. The summed E-state index contributed by atoms with van der Waals surface area (Å²) in [7, 11) is 0. The van der Waals surface area contributed by atoms with E-state index in [9.17, 15) is 0 Å². The van der Waals surface area contributed by atoms with Gasteiger partial charge >= 0.3 is 0 Å². The van der Waals surface area contributed by atoms with Crippen LogP contribution in [0.15, 0.2) is 140 Å². The molecule has 0 bridgehead atoms. The lowest BCUT2D eigenvalue weighted by Crippen LogP contribution is -2.14. The molecule has 1 nitrogen and oxygen atoms in total. The largest absolute Gasteiger partial charge is 0.309 e. The van der Waals surface area contributed by atoms with Gasteiger partial charge in [-0.25, -0.2) is 0 Å². The van der Waals surface area contributed by atoms with E-state index in [2.05, 4.69) is 158 Å². The third kappa shape index (κ3) is 2.99. The molecule has 0 saturated carbocycles. The summed E-state index contributed by atoms with van der Waals surface area (Å²) in [6.07, 6.45) is 0. The lowest BCUT2D eigenvalue weighted by molar-refractivity contribution is 0.661. The van der Waals surface area contributed by atoms with Crippen molar-refractivity contribution in [3.05, 3.63) is 151 Å². The minimum Gasteiger partial charge on any atom is -0.309 e. The monoisotopic (exact) mass is 559 g/mol. The lowest BCUT2D eigenvalue weighted by Gasteiger charge is -2.21. The van der Waals surface area contributed by atoms with Gasteiger partial charge in [0.2, 0.25) is 0 Å². The zero-order valence-electron chi connectivity index (χ0n) is 24.7. The third-order valence-corrected chi connectivity index (χ3v) is 10.3. The topological polar surface area (TPSA) is 4.93 Å². The summed E-state index contributed by atoms with van der Waals surface area (Å²) >= 11 is 0. The molecule has 0 radical (unpaired) electrons. The maximum atomic E-state index is 2.49. The summed E-state index contributed by atoms with van der Waals surface area (Å²) in [5.74, 6) is 0. The molecule has 0 aliphatic heterocycles. The smallest absolute Gasteiger partial charge is 0.0547 e. The van der Waals surface area contributed by atoms with Crippen LogP contribution in [0.4, 0.5) is 0 Å². The van der Waals surface area contributed by atoms with E-state index in [4.69, 9.17) is 0 Å². The first-order valence-electron chi connectivity index (χ1n) is 15.5. The molecule has 0 unspecified atom stereocenters. The summed E-state index contributed by atoms with van der Waals surface area (Å²) in [6.45, 7) is 4.74. The Morgan fingerprint density at radius 3 is 1.91 bits per heavy atom. The van der Waals surface area contributed by atoms with E-state index in [1.807, 2.05) is 0 Å². The molecule has 0 amide bonds. The second-order valence-electron chi connectivity index (χ2n) is 12.9. The molecule has 1 heterocycles. The molecular weight excluding hydrogens is 530 g/mol. The molecule has 0 spiro atoms. The number of rotatable bonds is 1. The molecule has 1 aromatic heterocycles. The molecule has 44 heavy (non-hydrogen) atoms. The van der Waals surface area contributed by atoms with Gasteiger partial charge in [0.1, 0.15) is 0 Å². The molecule has 206 valence electrons. The van der Waals surface area contributed by atoms with Crippen molar-refractivity contribution in [2.75, 3.05) is 0 Å². The average molecular weight is 560 g/mol. The zero-order valence-corrected chi connectivity index (χ0v) is 24.7. The van der Waals surface area contributed by atoms with Crippen LogP contribution in [-0.4, -0.2) is 4.57 Å². The standard InChI is InChI=1S/C43H29N/c1-43(2)38-19-11-10-17-30(38)35-23-37-36-22-33-32-21-20-26-12-6-7-15-28(26)42(32)31-18-9-8-16-29(31)34(33)24-40(36)44(41(37)25-39(35)43)27-13-4-3-5-14-27/h3-25H,1-2H3. The molecule has 1 heteroatoms. The number of hydrogen-bond acceptors (Lipinski definition) is 0. The van der Waals surface area contributed by atoms with Gasteiger partial charge in [-0.3, -0.25) is 0 Å². The first-order chi connectivity index (χ1) is 21.6. The van der Waals surface area contributed by atoms with Crippen molar-refractivity contribution in [1.29, 1.82) is 0 Å². The van der Waals surface area contributed by atoms with Crippen LogP contribution in [0.5, 0.6) is 0 Å². The van der Waals surface area contributed by atoms with E-state index >= 15 is 0 Å². The first-order valence-corrected chi connectivity index (χ1v) is 15.5. The van der Waals surface area contributed by atoms with Crippen LogP contribution in [0.3, 0.4) is 0 Å². The molecule has 1 aliphatic carbocycles. The molecule has 1 aliphatic rings. The van der Waals surface area contributed by atoms with Gasteiger partial charge in [0.05, 0.1) is 11.0 Å². The fraction of sp³-hybridized carbons (Fsp3) is 0.0698. The van der Waals surface area contributed by atoms with Crippen molar-refractivity contribution in [3.63, 3.8) is 0 Å². The second kappa shape index (κ2) is 8.36. The highest BCUT2D eigenvalue weighted by Gasteiger charge is 2.36. The van der Waals surface area contributed by atoms with Gasteiger partial charge in [0, 0.05) is 21.9 Å². The van der Waals surface area contributed by atoms with Crippen LogP contribution in [0, 0.1) is 0 Å². The van der Waals surface area contributed by atoms with Crippen LogP contribution >= 0.6 is 0 Å². The van der Waals surface area contributed by atoms with Crippen molar-refractivity contribution in [2.45, 2.75) is 19.3 Å². The van der Waals surface area contributed by atoms with Gasteiger partial charge in [-0.2, -0.15) is 0 Å². The predicted molar refractivity (Wildman–Crippen MR) is 188 cm³/mol. The summed E-state index contributed by atoms with van der Waals surface area (Å²) in [4.78, 5) is 0. The van der Waals surface area contributed by atoms with E-state index in [0.29, 0.717) is 0 Å². The van der Waals surface area contributed by atoms with Gasteiger partial charge in [-0.1, -0.05) is 117 Å². The number of para-hydroxylation sites is 1. The Bertz CT molecular complexity index is 2670. The zero-order chi connectivity index (χ0) is 29.2. The molecule has 10 rings (SSSR count). The minimum atomic E-state index is -0.0593. The maximum Gasteiger partial charge on any atom is 0.0547 e. The normalized spacial score (nSPS) is 13.9. The molecule has 0 fully saturated rings. The van der Waals surface area contributed by atoms with Crippen molar-refractivity contribution in [3.8, 4) is 16.8 Å². The fourth-order valence-electron chi connectivity index (χ4n) is 8.28.